The summed E-state index contributed by atoms with van der Waals surface area (Å²) in [5.74, 6) is -1.29. The van der Waals surface area contributed by atoms with Crippen LogP contribution in [-0.4, -0.2) is 44.2 Å². The highest BCUT2D eigenvalue weighted by Gasteiger charge is 2.35. The van der Waals surface area contributed by atoms with E-state index >= 15 is 0 Å². The van der Waals surface area contributed by atoms with Gasteiger partial charge in [-0.15, -0.1) is 0 Å². The van der Waals surface area contributed by atoms with E-state index in [9.17, 15) is 18.8 Å². The number of carbonyl (C=O) groups is 2. The first kappa shape index (κ1) is 23.4. The Morgan fingerprint density at radius 3 is 2.69 bits per heavy atom. The quantitative estimate of drug-likeness (QED) is 0.430. The molecule has 9 nitrogen and oxygen atoms in total. The summed E-state index contributed by atoms with van der Waals surface area (Å²) in [6, 6.07) is 13.5. The van der Waals surface area contributed by atoms with Gasteiger partial charge in [-0.2, -0.15) is 5.10 Å². The molecule has 5 rings (SSSR count). The summed E-state index contributed by atoms with van der Waals surface area (Å²) in [6.45, 7) is 3.25. The standard InChI is InChI=1S/C26H25FN6O3/c1-17-4-2-3-5-18(17)14-31-16-29-24-22(26(31)36)13-30-33(24)11-10-28-25(35)19-12-23(34)32(15-19)21-8-6-20(27)7-9-21/h2-9,13,16,19H,10-12,14-15H2,1H3,(H,28,35). The molecule has 1 aliphatic rings. The van der Waals surface area contributed by atoms with Crippen molar-refractivity contribution >= 4 is 28.5 Å². The Hall–Kier alpha value is -4.34. The van der Waals surface area contributed by atoms with Gasteiger partial charge in [-0.1, -0.05) is 24.3 Å². The van der Waals surface area contributed by atoms with Gasteiger partial charge in [0, 0.05) is 25.2 Å². The van der Waals surface area contributed by atoms with Gasteiger partial charge in [0.05, 0.1) is 25.2 Å². The van der Waals surface area contributed by atoms with Crippen LogP contribution in [0, 0.1) is 18.7 Å². The Bertz CT molecular complexity index is 1490. The molecule has 2 aromatic heterocycles. The summed E-state index contributed by atoms with van der Waals surface area (Å²) in [4.78, 5) is 43.9. The molecule has 4 aromatic rings. The lowest BCUT2D eigenvalue weighted by Gasteiger charge is -2.16. The minimum absolute atomic E-state index is 0.0932. The molecule has 0 bridgehead atoms. The third kappa shape index (κ3) is 4.61. The van der Waals surface area contributed by atoms with E-state index < -0.39 is 5.92 Å². The zero-order chi connectivity index (χ0) is 25.2. The number of carbonyl (C=O) groups excluding carboxylic acids is 2. The molecular formula is C26H25FN6O3. The first-order valence-corrected chi connectivity index (χ1v) is 11.7. The number of hydrogen-bond acceptors (Lipinski definition) is 5. The molecule has 1 fully saturated rings. The SMILES string of the molecule is Cc1ccccc1Cn1cnc2c(cnn2CCNC(=O)C2CC(=O)N(c3ccc(F)cc3)C2)c1=O. The molecular weight excluding hydrogens is 463 g/mol. The number of hydrogen-bond donors (Lipinski definition) is 1. The third-order valence-electron chi connectivity index (χ3n) is 6.48. The molecule has 1 N–H and O–H groups in total. The van der Waals surface area contributed by atoms with E-state index in [1.807, 2.05) is 31.2 Å². The predicted molar refractivity (Wildman–Crippen MR) is 132 cm³/mol. The fourth-order valence-electron chi connectivity index (χ4n) is 4.43. The van der Waals surface area contributed by atoms with Crippen molar-refractivity contribution in [1.82, 2.24) is 24.6 Å². The van der Waals surface area contributed by atoms with E-state index in [1.54, 1.807) is 9.25 Å². The van der Waals surface area contributed by atoms with Crippen LogP contribution in [0.25, 0.3) is 11.0 Å². The molecule has 0 spiro atoms. The number of aromatic nitrogens is 4. The molecule has 1 atom stereocenters. The van der Waals surface area contributed by atoms with Gasteiger partial charge in [0.2, 0.25) is 11.8 Å². The fraction of sp³-hybridized carbons (Fsp3) is 0.269. The number of nitrogens with one attached hydrogen (secondary N) is 1. The number of amides is 2. The summed E-state index contributed by atoms with van der Waals surface area (Å²) >= 11 is 0. The molecule has 1 saturated heterocycles. The number of benzene rings is 2. The van der Waals surface area contributed by atoms with Crippen LogP contribution in [0.2, 0.25) is 0 Å². The maximum atomic E-state index is 13.2. The van der Waals surface area contributed by atoms with Crippen molar-refractivity contribution in [2.45, 2.75) is 26.4 Å². The van der Waals surface area contributed by atoms with Crippen molar-refractivity contribution in [1.29, 1.82) is 0 Å². The van der Waals surface area contributed by atoms with E-state index in [4.69, 9.17) is 0 Å². The minimum atomic E-state index is -0.497. The normalized spacial score (nSPS) is 15.6. The number of rotatable bonds is 7. The van der Waals surface area contributed by atoms with Crippen molar-refractivity contribution in [3.63, 3.8) is 0 Å². The zero-order valence-electron chi connectivity index (χ0n) is 19.7. The molecule has 36 heavy (non-hydrogen) atoms. The van der Waals surface area contributed by atoms with E-state index in [1.165, 1.54) is 41.7 Å². The van der Waals surface area contributed by atoms with Crippen LogP contribution in [0.5, 0.6) is 0 Å². The number of anilines is 1. The second kappa shape index (κ2) is 9.73. The molecule has 0 saturated carbocycles. The predicted octanol–water partition coefficient (Wildman–Crippen LogP) is 2.26. The van der Waals surface area contributed by atoms with Gasteiger partial charge in [-0.3, -0.25) is 19.0 Å². The van der Waals surface area contributed by atoms with Gasteiger partial charge in [0.25, 0.3) is 5.56 Å². The Labute approximate surface area is 206 Å². The number of aryl methyl sites for hydroxylation is 1. The summed E-state index contributed by atoms with van der Waals surface area (Å²) in [7, 11) is 0. The van der Waals surface area contributed by atoms with Crippen LogP contribution in [-0.2, 0) is 22.7 Å². The van der Waals surface area contributed by atoms with Crippen LogP contribution in [0.3, 0.4) is 0 Å². The minimum Gasteiger partial charge on any atom is -0.354 e. The molecule has 3 heterocycles. The van der Waals surface area contributed by atoms with E-state index in [-0.39, 0.29) is 42.7 Å². The lowest BCUT2D eigenvalue weighted by molar-refractivity contribution is -0.126. The number of halogens is 1. The Morgan fingerprint density at radius 1 is 1.14 bits per heavy atom. The van der Waals surface area contributed by atoms with Crippen molar-refractivity contribution in [2.75, 3.05) is 18.0 Å². The highest BCUT2D eigenvalue weighted by molar-refractivity contribution is 6.00. The smallest absolute Gasteiger partial charge is 0.264 e. The Kier molecular flexibility index (Phi) is 6.32. The van der Waals surface area contributed by atoms with Gasteiger partial charge < -0.3 is 10.2 Å². The summed E-state index contributed by atoms with van der Waals surface area (Å²) in [6.07, 6.45) is 3.11. The van der Waals surface area contributed by atoms with Crippen LogP contribution in [0.1, 0.15) is 17.5 Å². The zero-order valence-corrected chi connectivity index (χ0v) is 19.7. The molecule has 1 aliphatic heterocycles. The van der Waals surface area contributed by atoms with Gasteiger partial charge in [-0.05, 0) is 42.3 Å². The van der Waals surface area contributed by atoms with Crippen LogP contribution in [0.4, 0.5) is 10.1 Å². The summed E-state index contributed by atoms with van der Waals surface area (Å²) in [5.41, 5.74) is 2.98. The second-order valence-electron chi connectivity index (χ2n) is 8.88. The average Bonchev–Trinajstić information content (AvgIpc) is 3.47. The molecule has 1 unspecified atom stereocenters. The van der Waals surface area contributed by atoms with E-state index in [2.05, 4.69) is 15.4 Å². The van der Waals surface area contributed by atoms with Crippen molar-refractivity contribution in [3.05, 3.63) is 88.4 Å². The van der Waals surface area contributed by atoms with Gasteiger partial charge in [-0.25, -0.2) is 14.1 Å². The summed E-state index contributed by atoms with van der Waals surface area (Å²) in [5, 5.41) is 7.54. The van der Waals surface area contributed by atoms with Crippen LogP contribution < -0.4 is 15.8 Å². The molecule has 2 aromatic carbocycles. The maximum absolute atomic E-state index is 13.2. The molecule has 184 valence electrons. The average molecular weight is 489 g/mol. The fourth-order valence-corrected chi connectivity index (χ4v) is 4.43. The molecule has 0 radical (unpaired) electrons. The lowest BCUT2D eigenvalue weighted by atomic mass is 10.1. The largest absolute Gasteiger partial charge is 0.354 e. The van der Waals surface area contributed by atoms with Crippen LogP contribution in [0.15, 0.2) is 65.8 Å². The highest BCUT2D eigenvalue weighted by atomic mass is 19.1. The first-order valence-electron chi connectivity index (χ1n) is 11.7. The first-order chi connectivity index (χ1) is 17.4. The summed E-state index contributed by atoms with van der Waals surface area (Å²) < 4.78 is 16.3. The van der Waals surface area contributed by atoms with Crippen molar-refractivity contribution in [2.24, 2.45) is 5.92 Å². The van der Waals surface area contributed by atoms with Crippen molar-refractivity contribution in [3.8, 4) is 0 Å². The Balaban J connectivity index is 1.20. The Morgan fingerprint density at radius 2 is 1.92 bits per heavy atom. The van der Waals surface area contributed by atoms with Gasteiger partial charge in [0.1, 0.15) is 17.5 Å². The topological polar surface area (TPSA) is 102 Å². The lowest BCUT2D eigenvalue weighted by Crippen LogP contribution is -2.35. The van der Waals surface area contributed by atoms with Gasteiger partial charge >= 0.3 is 0 Å². The molecule has 2 amide bonds. The molecule has 0 aliphatic carbocycles. The molecule has 10 heteroatoms. The van der Waals surface area contributed by atoms with Gasteiger partial charge in [0.15, 0.2) is 5.65 Å². The van der Waals surface area contributed by atoms with Crippen LogP contribution >= 0.6 is 0 Å². The second-order valence-corrected chi connectivity index (χ2v) is 8.88. The van der Waals surface area contributed by atoms with Crippen molar-refractivity contribution < 1.29 is 14.0 Å². The maximum Gasteiger partial charge on any atom is 0.264 e. The number of nitrogens with zero attached hydrogens (tertiary/aromatic N) is 5. The van der Waals surface area contributed by atoms with E-state index in [0.29, 0.717) is 29.8 Å². The van der Waals surface area contributed by atoms with E-state index in [0.717, 1.165) is 11.1 Å². The third-order valence-corrected chi connectivity index (χ3v) is 6.48. The number of fused-ring (bicyclic) bond motifs is 1. The monoisotopic (exact) mass is 488 g/mol. The highest BCUT2D eigenvalue weighted by Crippen LogP contribution is 2.25.